The Bertz CT molecular complexity index is 858. The smallest absolute Gasteiger partial charge is 0.277 e. The summed E-state index contributed by atoms with van der Waals surface area (Å²) in [7, 11) is 0. The number of nitrogens with zero attached hydrogens (tertiary/aromatic N) is 1. The summed E-state index contributed by atoms with van der Waals surface area (Å²) in [6.45, 7) is 0. The van der Waals surface area contributed by atoms with Gasteiger partial charge in [-0.2, -0.15) is 0 Å². The van der Waals surface area contributed by atoms with Crippen LogP contribution in [0.1, 0.15) is 49.3 Å². The van der Waals surface area contributed by atoms with Gasteiger partial charge < -0.3 is 5.73 Å². The van der Waals surface area contributed by atoms with Gasteiger partial charge >= 0.3 is 0 Å². The molecule has 3 N–H and O–H groups in total. The van der Waals surface area contributed by atoms with Crippen LogP contribution in [0, 0.1) is 11.8 Å². The summed E-state index contributed by atoms with van der Waals surface area (Å²) < 4.78 is 0. The van der Waals surface area contributed by atoms with E-state index >= 15 is 0 Å². The van der Waals surface area contributed by atoms with E-state index in [1.165, 1.54) is 4.90 Å². The molecule has 140 valence electrons. The number of nitrogens with two attached hydrogens (primary N) is 1. The number of amides is 3. The number of fused-ring (bicyclic) bond motifs is 5. The number of primary amides is 1. The van der Waals surface area contributed by atoms with Crippen molar-refractivity contribution in [3.8, 4) is 0 Å². The van der Waals surface area contributed by atoms with Gasteiger partial charge in [-0.25, -0.2) is 0 Å². The fraction of sp³-hybridized carbons (Fsp3) is 0.476. The van der Waals surface area contributed by atoms with E-state index in [1.807, 2.05) is 36.5 Å². The molecule has 3 heterocycles. The number of rotatable bonds is 2. The number of nitrogens with one attached hydrogen (secondary N) is 1. The van der Waals surface area contributed by atoms with Crippen molar-refractivity contribution in [3.63, 3.8) is 0 Å². The van der Waals surface area contributed by atoms with E-state index in [0.29, 0.717) is 0 Å². The number of quaternary nitrogens is 1. The Morgan fingerprint density at radius 1 is 1.04 bits per heavy atom. The van der Waals surface area contributed by atoms with E-state index in [2.05, 4.69) is 0 Å². The Morgan fingerprint density at radius 2 is 1.74 bits per heavy atom. The molecule has 5 rings (SSSR count). The van der Waals surface area contributed by atoms with Crippen LogP contribution in [0.4, 0.5) is 0 Å². The van der Waals surface area contributed by atoms with Crippen LogP contribution < -0.4 is 10.6 Å². The molecule has 3 aliphatic heterocycles. The minimum atomic E-state index is -0.686. The van der Waals surface area contributed by atoms with Crippen molar-refractivity contribution in [2.24, 2.45) is 17.6 Å². The minimum Gasteiger partial charge on any atom is -0.364 e. The van der Waals surface area contributed by atoms with Crippen molar-refractivity contribution in [3.05, 3.63) is 41.6 Å². The molecule has 2 saturated heterocycles. The molecule has 0 radical (unpaired) electrons. The lowest BCUT2D eigenvalue weighted by Crippen LogP contribution is -3.12. The van der Waals surface area contributed by atoms with Gasteiger partial charge in [0.15, 0.2) is 6.04 Å². The number of benzene rings is 1. The second kappa shape index (κ2) is 6.02. The van der Waals surface area contributed by atoms with Crippen LogP contribution in [0.2, 0.25) is 0 Å². The van der Waals surface area contributed by atoms with E-state index in [0.717, 1.165) is 48.1 Å². The van der Waals surface area contributed by atoms with Gasteiger partial charge in [-0.15, -0.1) is 0 Å². The third-order valence-electron chi connectivity index (χ3n) is 6.90. The van der Waals surface area contributed by atoms with E-state index < -0.39 is 23.8 Å². The highest BCUT2D eigenvalue weighted by Gasteiger charge is 2.68. The molecule has 3 fully saturated rings. The monoisotopic (exact) mass is 366 g/mol. The lowest BCUT2D eigenvalue weighted by Gasteiger charge is -2.33. The Kier molecular flexibility index (Phi) is 3.72. The topological polar surface area (TPSA) is 84.9 Å². The van der Waals surface area contributed by atoms with Crippen molar-refractivity contribution in [1.29, 1.82) is 0 Å². The third-order valence-corrected chi connectivity index (χ3v) is 6.90. The van der Waals surface area contributed by atoms with Crippen molar-refractivity contribution < 1.29 is 19.3 Å². The lowest BCUT2D eigenvalue weighted by molar-refractivity contribution is -0.884. The molecule has 1 saturated carbocycles. The van der Waals surface area contributed by atoms with E-state index in [-0.39, 0.29) is 23.9 Å². The highest BCUT2D eigenvalue weighted by Crippen LogP contribution is 2.44. The summed E-state index contributed by atoms with van der Waals surface area (Å²) in [6, 6.07) is 6.99. The first-order valence-corrected chi connectivity index (χ1v) is 9.89. The molecule has 5 atom stereocenters. The Balaban J connectivity index is 1.60. The molecule has 6 nitrogen and oxygen atoms in total. The summed E-state index contributed by atoms with van der Waals surface area (Å²) in [4.78, 5) is 41.4. The first kappa shape index (κ1) is 16.7. The molecule has 3 amide bonds. The summed E-state index contributed by atoms with van der Waals surface area (Å²) in [5, 5.41) is 0. The molecule has 1 aliphatic carbocycles. The zero-order valence-electron chi connectivity index (χ0n) is 15.1. The van der Waals surface area contributed by atoms with Crippen molar-refractivity contribution in [2.75, 3.05) is 0 Å². The minimum absolute atomic E-state index is 0.0179. The molecule has 0 bridgehead atoms. The quantitative estimate of drug-likeness (QED) is 0.743. The van der Waals surface area contributed by atoms with Gasteiger partial charge in [0.2, 0.25) is 11.8 Å². The normalized spacial score (nSPS) is 35.1. The molecule has 6 heteroatoms. The van der Waals surface area contributed by atoms with Crippen LogP contribution in [0.3, 0.4) is 0 Å². The van der Waals surface area contributed by atoms with E-state index in [1.54, 1.807) is 0 Å². The van der Waals surface area contributed by atoms with Gasteiger partial charge in [0.25, 0.3) is 5.91 Å². The Hall–Kier alpha value is -2.47. The molecule has 0 aromatic heterocycles. The van der Waals surface area contributed by atoms with Crippen LogP contribution in [0.5, 0.6) is 0 Å². The van der Waals surface area contributed by atoms with Crippen LogP contribution in [-0.4, -0.2) is 34.7 Å². The first-order valence-electron chi connectivity index (χ1n) is 9.89. The number of imide groups is 1. The van der Waals surface area contributed by atoms with Crippen LogP contribution in [0.25, 0.3) is 6.08 Å². The SMILES string of the molecule is NC(=O)[C@H]1[C@@H]2C(=O)N(C3CCCCC3)C(=O)[C@@H]2[C@H]2c3ccccc3C=C[NH+]21. The standard InChI is InChI=1S/C21H23N3O3/c22-19(25)18-16-15(17-14-9-5-4-6-12(14)10-11-23(17)18)20(26)24(21(16)27)13-7-2-1-3-8-13/h4-6,9-11,13,15-18H,1-3,7-8H2,(H2,22,25)/p+1/t15-,16+,17+,18+/m0/s1. The van der Waals surface area contributed by atoms with Crippen LogP contribution in [-0.2, 0) is 14.4 Å². The van der Waals surface area contributed by atoms with Gasteiger partial charge in [0.05, 0.1) is 6.20 Å². The van der Waals surface area contributed by atoms with Gasteiger partial charge in [0.1, 0.15) is 17.9 Å². The molecule has 27 heavy (non-hydrogen) atoms. The largest absolute Gasteiger partial charge is 0.364 e. The molecule has 1 unspecified atom stereocenters. The fourth-order valence-electron chi connectivity index (χ4n) is 5.80. The van der Waals surface area contributed by atoms with Crippen LogP contribution >= 0.6 is 0 Å². The van der Waals surface area contributed by atoms with Crippen molar-refractivity contribution in [1.82, 2.24) is 4.90 Å². The molecule has 1 aromatic rings. The number of hydrogen-bond acceptors (Lipinski definition) is 3. The van der Waals surface area contributed by atoms with Gasteiger partial charge in [-0.1, -0.05) is 43.5 Å². The maximum absolute atomic E-state index is 13.4. The number of carbonyl (C=O) groups excluding carboxylic acids is 3. The molecule has 1 aromatic carbocycles. The van der Waals surface area contributed by atoms with Gasteiger partial charge in [-0.05, 0) is 24.5 Å². The number of likely N-dealkylation sites (tertiary alicyclic amines) is 1. The maximum Gasteiger partial charge on any atom is 0.277 e. The van der Waals surface area contributed by atoms with Crippen LogP contribution in [0.15, 0.2) is 30.5 Å². The zero-order valence-corrected chi connectivity index (χ0v) is 15.1. The van der Waals surface area contributed by atoms with E-state index in [9.17, 15) is 14.4 Å². The summed E-state index contributed by atoms with van der Waals surface area (Å²) in [5.74, 6) is -1.94. The molecular formula is C21H24N3O3+. The zero-order chi connectivity index (χ0) is 18.7. The number of hydrogen-bond donors (Lipinski definition) is 2. The maximum atomic E-state index is 13.4. The highest BCUT2D eigenvalue weighted by molar-refractivity contribution is 6.08. The average molecular weight is 366 g/mol. The number of carbonyl (C=O) groups is 3. The fourth-order valence-corrected chi connectivity index (χ4v) is 5.80. The summed E-state index contributed by atoms with van der Waals surface area (Å²) in [5.41, 5.74) is 7.81. The average Bonchev–Trinajstić information content (AvgIpc) is 3.16. The predicted molar refractivity (Wildman–Crippen MR) is 97.9 cm³/mol. The molecule has 0 spiro atoms. The van der Waals surface area contributed by atoms with Gasteiger partial charge in [0, 0.05) is 11.6 Å². The summed E-state index contributed by atoms with van der Waals surface area (Å²) >= 11 is 0. The van der Waals surface area contributed by atoms with Crippen molar-refractivity contribution >= 4 is 23.8 Å². The Morgan fingerprint density at radius 3 is 2.48 bits per heavy atom. The van der Waals surface area contributed by atoms with E-state index in [4.69, 9.17) is 5.73 Å². The first-order chi connectivity index (χ1) is 13.1. The predicted octanol–water partition coefficient (Wildman–Crippen LogP) is 0.398. The second-order valence-electron chi connectivity index (χ2n) is 8.21. The third kappa shape index (κ3) is 2.26. The second-order valence-corrected chi connectivity index (χ2v) is 8.21. The lowest BCUT2D eigenvalue weighted by atomic mass is 9.84. The van der Waals surface area contributed by atoms with Gasteiger partial charge in [-0.3, -0.25) is 24.2 Å². The molecule has 4 aliphatic rings. The molecular weight excluding hydrogens is 342 g/mol. The Labute approximate surface area is 158 Å². The summed E-state index contributed by atoms with van der Waals surface area (Å²) in [6.07, 6.45) is 8.86. The van der Waals surface area contributed by atoms with Crippen molar-refractivity contribution in [2.45, 2.75) is 50.2 Å². The highest BCUT2D eigenvalue weighted by atomic mass is 16.2.